The molecule has 0 aliphatic carbocycles. The Morgan fingerprint density at radius 1 is 1.44 bits per heavy atom. The van der Waals surface area contributed by atoms with Crippen LogP contribution in [0, 0.1) is 13.8 Å². The van der Waals surface area contributed by atoms with Crippen molar-refractivity contribution in [3.8, 4) is 0 Å². The van der Waals surface area contributed by atoms with E-state index in [1.54, 1.807) is 11.3 Å². The molecule has 0 aliphatic heterocycles. The van der Waals surface area contributed by atoms with Crippen LogP contribution >= 0.6 is 11.3 Å². The third-order valence-corrected chi connectivity index (χ3v) is 3.38. The molecule has 0 bridgehead atoms. The Morgan fingerprint density at radius 3 is 2.88 bits per heavy atom. The van der Waals surface area contributed by atoms with Gasteiger partial charge in [-0.3, -0.25) is 0 Å². The lowest BCUT2D eigenvalue weighted by Crippen LogP contribution is -2.20. The highest BCUT2D eigenvalue weighted by Crippen LogP contribution is 2.29. The molecule has 2 aromatic rings. The van der Waals surface area contributed by atoms with Crippen LogP contribution in [0.4, 0.5) is 5.82 Å². The quantitative estimate of drug-likeness (QED) is 0.858. The average Bonchev–Trinajstić information content (AvgIpc) is 2.60. The monoisotopic (exact) mass is 237 g/mol. The summed E-state index contributed by atoms with van der Waals surface area (Å²) in [4.78, 5) is 9.79. The molecular weight excluding hydrogens is 222 g/mol. The van der Waals surface area contributed by atoms with Gasteiger partial charge in [0.25, 0.3) is 0 Å². The smallest absolute Gasteiger partial charge is 0.139 e. The van der Waals surface area contributed by atoms with E-state index < -0.39 is 0 Å². The molecule has 1 atom stereocenters. The number of thiophene rings is 1. The second-order valence-corrected chi connectivity index (χ2v) is 4.80. The molecule has 0 saturated heterocycles. The number of hydrogen-bond acceptors (Lipinski definition) is 5. The van der Waals surface area contributed by atoms with Gasteiger partial charge in [0, 0.05) is 6.04 Å². The van der Waals surface area contributed by atoms with Gasteiger partial charge < -0.3 is 10.4 Å². The standard InChI is InChI=1S/C11H15N3OS/c1-6-5-16-11-9(6)10(12-7(2)4-15)13-8(3)14-11/h5,7,15H,4H2,1-3H3,(H,12,13,14)/t7-/m0/s1. The molecule has 0 aliphatic rings. The number of nitrogens with zero attached hydrogens (tertiary/aromatic N) is 2. The third kappa shape index (κ3) is 2.01. The molecule has 0 amide bonds. The minimum Gasteiger partial charge on any atom is -0.394 e. The zero-order valence-electron chi connectivity index (χ0n) is 9.61. The Hall–Kier alpha value is -1.20. The normalized spacial score (nSPS) is 13.0. The van der Waals surface area contributed by atoms with Crippen molar-refractivity contribution in [2.45, 2.75) is 26.8 Å². The predicted octanol–water partition coefficient (Wildman–Crippen LogP) is 2.10. The fourth-order valence-electron chi connectivity index (χ4n) is 1.57. The average molecular weight is 237 g/mol. The molecular formula is C11H15N3OS. The van der Waals surface area contributed by atoms with Gasteiger partial charge in [0.2, 0.25) is 0 Å². The van der Waals surface area contributed by atoms with E-state index in [0.717, 1.165) is 21.9 Å². The molecule has 0 fully saturated rings. The maximum atomic E-state index is 9.05. The molecule has 2 rings (SSSR count). The molecule has 16 heavy (non-hydrogen) atoms. The van der Waals surface area contributed by atoms with E-state index in [2.05, 4.69) is 20.7 Å². The molecule has 0 spiro atoms. The molecule has 5 heteroatoms. The summed E-state index contributed by atoms with van der Waals surface area (Å²) in [5.41, 5.74) is 1.17. The van der Waals surface area contributed by atoms with E-state index in [1.165, 1.54) is 5.56 Å². The maximum Gasteiger partial charge on any atom is 0.139 e. The summed E-state index contributed by atoms with van der Waals surface area (Å²) in [5.74, 6) is 1.57. The number of aryl methyl sites for hydroxylation is 2. The number of rotatable bonds is 3. The van der Waals surface area contributed by atoms with E-state index in [0.29, 0.717) is 0 Å². The number of fused-ring (bicyclic) bond motifs is 1. The third-order valence-electron chi connectivity index (χ3n) is 2.39. The molecule has 0 radical (unpaired) electrons. The fourth-order valence-corrected chi connectivity index (χ4v) is 2.54. The summed E-state index contributed by atoms with van der Waals surface area (Å²) >= 11 is 1.62. The summed E-state index contributed by atoms with van der Waals surface area (Å²) in [6.07, 6.45) is 0. The number of aromatic nitrogens is 2. The number of aliphatic hydroxyl groups is 1. The van der Waals surface area contributed by atoms with E-state index >= 15 is 0 Å². The van der Waals surface area contributed by atoms with Gasteiger partial charge in [0.1, 0.15) is 16.5 Å². The topological polar surface area (TPSA) is 58.0 Å². The number of hydrogen-bond donors (Lipinski definition) is 2. The summed E-state index contributed by atoms with van der Waals surface area (Å²) in [6.45, 7) is 5.94. The van der Waals surface area contributed by atoms with Gasteiger partial charge in [-0.2, -0.15) is 0 Å². The van der Waals surface area contributed by atoms with Crippen molar-refractivity contribution in [1.82, 2.24) is 9.97 Å². The molecule has 2 aromatic heterocycles. The van der Waals surface area contributed by atoms with Crippen LogP contribution in [0.25, 0.3) is 10.2 Å². The second-order valence-electron chi connectivity index (χ2n) is 3.95. The van der Waals surface area contributed by atoms with Gasteiger partial charge in [0.15, 0.2) is 0 Å². The Balaban J connectivity index is 2.53. The predicted molar refractivity (Wildman–Crippen MR) is 67.1 cm³/mol. The van der Waals surface area contributed by atoms with E-state index in [4.69, 9.17) is 5.11 Å². The highest BCUT2D eigenvalue weighted by Gasteiger charge is 2.11. The Morgan fingerprint density at radius 2 is 2.19 bits per heavy atom. The van der Waals surface area contributed by atoms with Gasteiger partial charge in [-0.15, -0.1) is 11.3 Å². The van der Waals surface area contributed by atoms with Gasteiger partial charge in [0.05, 0.1) is 12.0 Å². The van der Waals surface area contributed by atoms with Crippen LogP contribution < -0.4 is 5.32 Å². The number of nitrogens with one attached hydrogen (secondary N) is 1. The van der Waals surface area contributed by atoms with Crippen molar-refractivity contribution >= 4 is 27.4 Å². The lowest BCUT2D eigenvalue weighted by molar-refractivity contribution is 0.281. The highest BCUT2D eigenvalue weighted by atomic mass is 32.1. The fraction of sp³-hybridized carbons (Fsp3) is 0.455. The van der Waals surface area contributed by atoms with Crippen LogP contribution in [-0.4, -0.2) is 27.7 Å². The molecule has 2 N–H and O–H groups in total. The van der Waals surface area contributed by atoms with E-state index in [1.807, 2.05) is 20.8 Å². The zero-order chi connectivity index (χ0) is 11.7. The first-order chi connectivity index (χ1) is 7.61. The van der Waals surface area contributed by atoms with Crippen LogP contribution in [0.5, 0.6) is 0 Å². The van der Waals surface area contributed by atoms with Gasteiger partial charge in [-0.1, -0.05) is 0 Å². The van der Waals surface area contributed by atoms with Crippen molar-refractivity contribution < 1.29 is 5.11 Å². The van der Waals surface area contributed by atoms with Crippen molar-refractivity contribution in [1.29, 1.82) is 0 Å². The van der Waals surface area contributed by atoms with E-state index in [9.17, 15) is 0 Å². The Labute approximate surface area is 98.4 Å². The number of anilines is 1. The molecule has 2 heterocycles. The summed E-state index contributed by atoms with van der Waals surface area (Å²) in [7, 11) is 0. The van der Waals surface area contributed by atoms with Crippen LogP contribution in [0.3, 0.4) is 0 Å². The summed E-state index contributed by atoms with van der Waals surface area (Å²) in [5, 5.41) is 15.4. The van der Waals surface area contributed by atoms with Crippen LogP contribution in [0.2, 0.25) is 0 Å². The van der Waals surface area contributed by atoms with Gasteiger partial charge in [-0.25, -0.2) is 9.97 Å². The lowest BCUT2D eigenvalue weighted by atomic mass is 10.2. The van der Waals surface area contributed by atoms with Crippen LogP contribution in [-0.2, 0) is 0 Å². The second kappa shape index (κ2) is 4.35. The van der Waals surface area contributed by atoms with Crippen molar-refractivity contribution in [3.63, 3.8) is 0 Å². The van der Waals surface area contributed by atoms with Crippen LogP contribution in [0.15, 0.2) is 5.38 Å². The molecule has 0 saturated carbocycles. The minimum absolute atomic E-state index is 0.00296. The highest BCUT2D eigenvalue weighted by molar-refractivity contribution is 7.17. The zero-order valence-corrected chi connectivity index (χ0v) is 10.4. The van der Waals surface area contributed by atoms with Crippen molar-refractivity contribution in [2.75, 3.05) is 11.9 Å². The first-order valence-corrected chi connectivity index (χ1v) is 6.09. The first kappa shape index (κ1) is 11.3. The van der Waals surface area contributed by atoms with Crippen LogP contribution in [0.1, 0.15) is 18.3 Å². The van der Waals surface area contributed by atoms with Crippen molar-refractivity contribution in [3.05, 3.63) is 16.8 Å². The summed E-state index contributed by atoms with van der Waals surface area (Å²) < 4.78 is 0. The Kier molecular flexibility index (Phi) is 3.07. The summed E-state index contributed by atoms with van der Waals surface area (Å²) in [6, 6.07) is -0.00296. The maximum absolute atomic E-state index is 9.05. The largest absolute Gasteiger partial charge is 0.394 e. The van der Waals surface area contributed by atoms with Crippen molar-refractivity contribution in [2.24, 2.45) is 0 Å². The lowest BCUT2D eigenvalue weighted by Gasteiger charge is -2.13. The van der Waals surface area contributed by atoms with Gasteiger partial charge >= 0.3 is 0 Å². The van der Waals surface area contributed by atoms with E-state index in [-0.39, 0.29) is 12.6 Å². The number of aliphatic hydroxyl groups excluding tert-OH is 1. The minimum atomic E-state index is -0.00296. The Bertz CT molecular complexity index is 509. The first-order valence-electron chi connectivity index (χ1n) is 5.21. The molecule has 0 unspecified atom stereocenters. The SMILES string of the molecule is Cc1nc(N[C@@H](C)CO)c2c(C)csc2n1. The molecule has 4 nitrogen and oxygen atoms in total. The molecule has 86 valence electrons. The van der Waals surface area contributed by atoms with Gasteiger partial charge in [-0.05, 0) is 31.7 Å². The molecule has 0 aromatic carbocycles.